The molecule has 0 bridgehead atoms. The molecule has 0 spiro atoms. The number of nitrogens with zero attached hydrogens (tertiary/aromatic N) is 1. The molecule has 0 radical (unpaired) electrons. The van der Waals surface area contributed by atoms with Crippen LogP contribution in [0, 0.1) is 0 Å². The van der Waals surface area contributed by atoms with Gasteiger partial charge in [-0.05, 0) is 82.6 Å². The van der Waals surface area contributed by atoms with E-state index in [2.05, 4.69) is 4.90 Å². The molecule has 1 aliphatic heterocycles. The molecule has 1 atom stereocenters. The van der Waals surface area contributed by atoms with Gasteiger partial charge < -0.3 is 18.8 Å². The van der Waals surface area contributed by atoms with Crippen LogP contribution in [0.2, 0.25) is 10.0 Å². The zero-order valence-electron chi connectivity index (χ0n) is 19.4. The van der Waals surface area contributed by atoms with E-state index in [9.17, 15) is 0 Å². The lowest BCUT2D eigenvalue weighted by atomic mass is 9.73. The first-order valence-electron chi connectivity index (χ1n) is 10.1. The molecule has 1 saturated heterocycles. The number of rotatable bonds is 6. The number of methoxy groups -OCH3 is 2. The Morgan fingerprint density at radius 1 is 0.871 bits per heavy atom. The third-order valence-electron chi connectivity index (χ3n) is 6.17. The van der Waals surface area contributed by atoms with Gasteiger partial charge in [0.15, 0.2) is 0 Å². The van der Waals surface area contributed by atoms with Crippen LogP contribution >= 0.6 is 23.2 Å². The first-order valence-corrected chi connectivity index (χ1v) is 10.9. The third kappa shape index (κ3) is 4.55. The second-order valence-electron chi connectivity index (χ2n) is 8.96. The molecule has 0 unspecified atom stereocenters. The van der Waals surface area contributed by atoms with E-state index in [4.69, 9.17) is 42.0 Å². The van der Waals surface area contributed by atoms with Crippen molar-refractivity contribution in [3.05, 3.63) is 51.5 Å². The molecule has 2 aromatic carbocycles. The van der Waals surface area contributed by atoms with Crippen LogP contribution in [-0.4, -0.2) is 51.5 Å². The fourth-order valence-corrected chi connectivity index (χ4v) is 4.28. The summed E-state index contributed by atoms with van der Waals surface area (Å²) in [5.74, 6) is 1.21. The Hall–Kier alpha value is -1.44. The summed E-state index contributed by atoms with van der Waals surface area (Å²) in [4.78, 5) is 2.11. The topological polar surface area (TPSA) is 40.2 Å². The van der Waals surface area contributed by atoms with Crippen molar-refractivity contribution in [2.45, 2.75) is 44.9 Å². The molecule has 0 aromatic heterocycles. The number of hydrogen-bond acceptors (Lipinski definition) is 5. The highest BCUT2D eigenvalue weighted by Crippen LogP contribution is 2.40. The van der Waals surface area contributed by atoms with Crippen LogP contribution in [-0.2, 0) is 9.31 Å². The Bertz CT molecular complexity index is 949. The second-order valence-corrected chi connectivity index (χ2v) is 9.78. The lowest BCUT2D eigenvalue weighted by Gasteiger charge is -2.32. The molecule has 0 saturated carbocycles. The molecule has 0 amide bonds. The van der Waals surface area contributed by atoms with E-state index in [1.807, 2.05) is 72.1 Å². The minimum atomic E-state index is -0.570. The summed E-state index contributed by atoms with van der Waals surface area (Å²) < 4.78 is 23.6. The fourth-order valence-electron chi connectivity index (χ4n) is 3.76. The Balaban J connectivity index is 2.19. The maximum absolute atomic E-state index is 6.53. The third-order valence-corrected chi connectivity index (χ3v) is 6.76. The molecule has 2 aromatic rings. The van der Waals surface area contributed by atoms with Crippen molar-refractivity contribution in [1.29, 1.82) is 0 Å². The van der Waals surface area contributed by atoms with E-state index in [-0.39, 0.29) is 6.04 Å². The molecule has 168 valence electrons. The molecule has 1 aliphatic rings. The fraction of sp³-hybridized carbons (Fsp3) is 0.478. The first kappa shape index (κ1) is 24.2. The average molecular weight is 466 g/mol. The largest absolute Gasteiger partial charge is 0.495 e. The minimum Gasteiger partial charge on any atom is -0.495 e. The van der Waals surface area contributed by atoms with Crippen LogP contribution in [0.1, 0.15) is 44.9 Å². The smallest absolute Gasteiger partial charge is 0.495 e. The standard InChI is InChI=1S/C23H30BCl2NO4/c1-22(2)23(3,4)31-24(30-22)16-13-18(26)20(29-8)12-15(16)21(27(5)6)14-9-10-19(28-7)17(25)11-14/h9-13,21H,1-8H3/t21-/m0/s1. The van der Waals surface area contributed by atoms with E-state index in [0.717, 1.165) is 16.6 Å². The van der Waals surface area contributed by atoms with Crippen LogP contribution in [0.5, 0.6) is 11.5 Å². The highest BCUT2D eigenvalue weighted by molar-refractivity contribution is 6.63. The van der Waals surface area contributed by atoms with Gasteiger partial charge >= 0.3 is 7.12 Å². The number of ether oxygens (including phenoxy) is 2. The van der Waals surface area contributed by atoms with Crippen molar-refractivity contribution in [2.24, 2.45) is 0 Å². The summed E-state index contributed by atoms with van der Waals surface area (Å²) >= 11 is 13.0. The van der Waals surface area contributed by atoms with E-state index in [1.54, 1.807) is 14.2 Å². The summed E-state index contributed by atoms with van der Waals surface area (Å²) in [6, 6.07) is 9.47. The molecule has 0 N–H and O–H groups in total. The molecule has 5 nitrogen and oxygen atoms in total. The van der Waals surface area contributed by atoms with Crippen molar-refractivity contribution < 1.29 is 18.8 Å². The molecule has 1 fully saturated rings. The van der Waals surface area contributed by atoms with Crippen LogP contribution in [0.25, 0.3) is 0 Å². The van der Waals surface area contributed by atoms with Crippen molar-refractivity contribution in [1.82, 2.24) is 4.90 Å². The Labute approximate surface area is 195 Å². The van der Waals surface area contributed by atoms with Crippen LogP contribution in [0.15, 0.2) is 30.3 Å². The van der Waals surface area contributed by atoms with Crippen molar-refractivity contribution >= 4 is 35.8 Å². The monoisotopic (exact) mass is 465 g/mol. The second kappa shape index (κ2) is 8.83. The van der Waals surface area contributed by atoms with Gasteiger partial charge in [0.05, 0.1) is 41.5 Å². The van der Waals surface area contributed by atoms with Crippen LogP contribution in [0.3, 0.4) is 0 Å². The SMILES string of the molecule is COc1ccc([C@@H](c2cc(OC)c(Cl)cc2B2OC(C)(C)C(C)(C)O2)N(C)C)cc1Cl. The van der Waals surface area contributed by atoms with Gasteiger partial charge in [0, 0.05) is 0 Å². The zero-order chi connectivity index (χ0) is 23.1. The number of halogens is 2. The van der Waals surface area contributed by atoms with Crippen LogP contribution in [0.4, 0.5) is 0 Å². The molecular formula is C23H30BCl2NO4. The summed E-state index contributed by atoms with van der Waals surface area (Å²) in [7, 11) is 6.66. The van der Waals surface area contributed by atoms with Gasteiger partial charge in [-0.2, -0.15) is 0 Å². The first-order chi connectivity index (χ1) is 14.4. The summed E-state index contributed by atoms with van der Waals surface area (Å²) in [6.45, 7) is 8.13. The summed E-state index contributed by atoms with van der Waals surface area (Å²) in [5.41, 5.74) is 1.87. The molecule has 8 heteroatoms. The van der Waals surface area contributed by atoms with E-state index < -0.39 is 18.3 Å². The zero-order valence-corrected chi connectivity index (χ0v) is 20.9. The lowest BCUT2D eigenvalue weighted by molar-refractivity contribution is 0.00578. The van der Waals surface area contributed by atoms with Gasteiger partial charge in [-0.15, -0.1) is 0 Å². The average Bonchev–Trinajstić information content (AvgIpc) is 2.89. The van der Waals surface area contributed by atoms with Gasteiger partial charge in [-0.1, -0.05) is 29.3 Å². The molecule has 0 aliphatic carbocycles. The van der Waals surface area contributed by atoms with E-state index in [0.29, 0.717) is 21.5 Å². The summed E-state index contributed by atoms with van der Waals surface area (Å²) in [6.07, 6.45) is 0. The van der Waals surface area contributed by atoms with Gasteiger partial charge in [0.2, 0.25) is 0 Å². The van der Waals surface area contributed by atoms with Gasteiger partial charge in [-0.3, -0.25) is 4.90 Å². The minimum absolute atomic E-state index is 0.149. The maximum Gasteiger partial charge on any atom is 0.495 e. The number of benzene rings is 2. The normalized spacial score (nSPS) is 18.4. The molecular weight excluding hydrogens is 436 g/mol. The quantitative estimate of drug-likeness (QED) is 0.563. The van der Waals surface area contributed by atoms with E-state index in [1.165, 1.54) is 0 Å². The highest BCUT2D eigenvalue weighted by atomic mass is 35.5. The summed E-state index contributed by atoms with van der Waals surface area (Å²) in [5, 5.41) is 1.05. The van der Waals surface area contributed by atoms with Crippen molar-refractivity contribution in [3.8, 4) is 11.5 Å². The molecule has 31 heavy (non-hydrogen) atoms. The predicted molar refractivity (Wildman–Crippen MR) is 127 cm³/mol. The molecule has 3 rings (SSSR count). The van der Waals surface area contributed by atoms with E-state index >= 15 is 0 Å². The van der Waals surface area contributed by atoms with Gasteiger partial charge in [0.1, 0.15) is 11.5 Å². The van der Waals surface area contributed by atoms with Crippen LogP contribution < -0.4 is 14.9 Å². The number of hydrogen-bond donors (Lipinski definition) is 0. The Kier molecular flexibility index (Phi) is 6.90. The van der Waals surface area contributed by atoms with Crippen molar-refractivity contribution in [2.75, 3.05) is 28.3 Å². The Morgan fingerprint density at radius 2 is 1.42 bits per heavy atom. The maximum atomic E-state index is 6.53. The van der Waals surface area contributed by atoms with Crippen molar-refractivity contribution in [3.63, 3.8) is 0 Å². The Morgan fingerprint density at radius 3 is 1.90 bits per heavy atom. The highest BCUT2D eigenvalue weighted by Gasteiger charge is 2.52. The molecule has 1 heterocycles. The van der Waals surface area contributed by atoms with Gasteiger partial charge in [0.25, 0.3) is 0 Å². The van der Waals surface area contributed by atoms with Gasteiger partial charge in [-0.25, -0.2) is 0 Å². The predicted octanol–water partition coefficient (Wildman–Crippen LogP) is 4.96. The lowest BCUT2D eigenvalue weighted by Crippen LogP contribution is -2.41.